The molecule has 2 aromatic rings. The second-order valence-corrected chi connectivity index (χ2v) is 17.3. The zero-order chi connectivity index (χ0) is 25.3. The molecule has 1 saturated heterocycles. The summed E-state index contributed by atoms with van der Waals surface area (Å²) in [7, 11) is -1.99. The highest BCUT2D eigenvalue weighted by molar-refractivity contribution is 6.74. The average molecular weight is 489 g/mol. The van der Waals surface area contributed by atoms with Crippen LogP contribution in [0.3, 0.4) is 0 Å². The van der Waals surface area contributed by atoms with Crippen molar-refractivity contribution in [3.05, 3.63) is 44.5 Å². The van der Waals surface area contributed by atoms with Crippen LogP contribution in [0.15, 0.2) is 27.8 Å². The van der Waals surface area contributed by atoms with E-state index in [9.17, 15) is 9.59 Å². The van der Waals surface area contributed by atoms with E-state index in [2.05, 4.69) is 53.8 Å². The van der Waals surface area contributed by atoms with Gasteiger partial charge in [-0.2, -0.15) is 0 Å². The molecule has 2 aliphatic rings. The van der Waals surface area contributed by atoms with Gasteiger partial charge in [0.25, 0.3) is 0 Å². The van der Waals surface area contributed by atoms with Crippen molar-refractivity contribution >= 4 is 19.4 Å². The molecular weight excluding hydrogens is 448 g/mol. The number of hydrogen-bond donors (Lipinski definition) is 0. The van der Waals surface area contributed by atoms with Crippen molar-refractivity contribution in [2.45, 2.75) is 110 Å². The fourth-order valence-corrected chi connectivity index (χ4v) is 5.85. The van der Waals surface area contributed by atoms with Crippen molar-refractivity contribution in [3.8, 4) is 0 Å². The van der Waals surface area contributed by atoms with Crippen molar-refractivity contribution < 1.29 is 13.9 Å². The number of nitrogens with zero attached hydrogens (tertiary/aromatic N) is 2. The fourth-order valence-electron chi connectivity index (χ4n) is 4.83. The molecule has 0 N–H and O–H groups in total. The first-order chi connectivity index (χ1) is 15.5. The molecule has 0 saturated carbocycles. The van der Waals surface area contributed by atoms with E-state index < -0.39 is 31.3 Å². The molecule has 7 nitrogen and oxygen atoms in total. The van der Waals surface area contributed by atoms with E-state index in [-0.39, 0.29) is 23.1 Å². The zero-order valence-corrected chi connectivity index (χ0v) is 23.2. The van der Waals surface area contributed by atoms with Crippen molar-refractivity contribution in [2.75, 3.05) is 6.61 Å². The summed E-state index contributed by atoms with van der Waals surface area (Å²) in [5.41, 5.74) is 1.68. The summed E-state index contributed by atoms with van der Waals surface area (Å²) in [5, 5.41) is 0.0755. The Morgan fingerprint density at radius 1 is 1.06 bits per heavy atom. The number of ether oxygens (including phenoxy) is 2. The predicted molar refractivity (Wildman–Crippen MR) is 137 cm³/mol. The van der Waals surface area contributed by atoms with Crippen LogP contribution >= 0.6 is 0 Å². The van der Waals surface area contributed by atoms with E-state index in [0.29, 0.717) is 13.2 Å². The molecule has 1 aromatic carbocycles. The average Bonchev–Trinajstić information content (AvgIpc) is 3.01. The van der Waals surface area contributed by atoms with Crippen LogP contribution in [0.5, 0.6) is 0 Å². The molecular formula is C26H40N2O5Si. The first-order valence-corrected chi connectivity index (χ1v) is 15.2. The molecule has 2 atom stereocenters. The Morgan fingerprint density at radius 2 is 1.71 bits per heavy atom. The maximum Gasteiger partial charge on any atom is 0.317 e. The summed E-state index contributed by atoms with van der Waals surface area (Å²) in [4.78, 5) is 26.4. The monoisotopic (exact) mass is 488 g/mol. The molecule has 0 radical (unpaired) electrons. The molecule has 0 amide bonds. The highest BCUT2D eigenvalue weighted by atomic mass is 28.4. The summed E-state index contributed by atoms with van der Waals surface area (Å²) < 4.78 is 22.2. The van der Waals surface area contributed by atoms with E-state index in [1.54, 1.807) is 9.13 Å². The maximum atomic E-state index is 13.3. The van der Waals surface area contributed by atoms with Gasteiger partial charge >= 0.3 is 11.1 Å². The molecule has 1 fully saturated rings. The minimum atomic E-state index is -1.99. The van der Waals surface area contributed by atoms with Crippen molar-refractivity contribution in [1.82, 2.24) is 9.13 Å². The van der Waals surface area contributed by atoms with Crippen LogP contribution in [0.4, 0.5) is 0 Å². The van der Waals surface area contributed by atoms with Gasteiger partial charge in [-0.15, -0.1) is 0 Å². The van der Waals surface area contributed by atoms with Gasteiger partial charge in [0.05, 0.1) is 24.2 Å². The number of para-hydroxylation sites is 1. The maximum absolute atomic E-state index is 13.3. The highest BCUT2D eigenvalue weighted by Crippen LogP contribution is 2.39. The van der Waals surface area contributed by atoms with Crippen LogP contribution in [-0.4, -0.2) is 42.1 Å². The largest absolute Gasteiger partial charge is 0.414 e. The minimum Gasteiger partial charge on any atom is -0.414 e. The Hall–Kier alpha value is -1.74. The van der Waals surface area contributed by atoms with Gasteiger partial charge in [0.1, 0.15) is 12.2 Å². The van der Waals surface area contributed by atoms with Crippen molar-refractivity contribution in [3.63, 3.8) is 0 Å². The molecule has 1 aromatic heterocycles. The van der Waals surface area contributed by atoms with Crippen LogP contribution in [0, 0.1) is 0 Å². The Bertz CT molecular complexity index is 1220. The van der Waals surface area contributed by atoms with E-state index in [1.807, 2.05) is 26.0 Å². The quantitative estimate of drug-likeness (QED) is 0.461. The molecule has 8 heteroatoms. The number of aromatic nitrogens is 2. The standard InChI is InChI=1S/C26H40N2O5Si/c1-24(2,3)34(8,9)31-16-20-19(32-26(6,7)33-20)15-28-18-12-10-11-17-21(18)27(22(29)23(28)30)14-13-25(17,4)5/h10-12,19-20H,13-16H2,1-9H3/t19-,20-/m0/s1. The summed E-state index contributed by atoms with van der Waals surface area (Å²) in [6.45, 7) is 20.4. The Kier molecular flexibility index (Phi) is 6.08. The van der Waals surface area contributed by atoms with Gasteiger partial charge in [0.15, 0.2) is 14.1 Å². The second-order valence-electron chi connectivity index (χ2n) is 12.5. The topological polar surface area (TPSA) is 71.7 Å². The molecule has 4 rings (SSSR count). The lowest BCUT2D eigenvalue weighted by Crippen LogP contribution is -2.47. The van der Waals surface area contributed by atoms with Gasteiger partial charge in [-0.05, 0) is 55.4 Å². The molecule has 0 spiro atoms. The fraction of sp³-hybridized carbons (Fsp3) is 0.692. The van der Waals surface area contributed by atoms with Crippen LogP contribution in [0.2, 0.25) is 18.1 Å². The Morgan fingerprint density at radius 3 is 2.35 bits per heavy atom. The van der Waals surface area contributed by atoms with E-state index in [4.69, 9.17) is 13.9 Å². The minimum absolute atomic E-state index is 0.0668. The van der Waals surface area contributed by atoms with Crippen LogP contribution in [-0.2, 0) is 32.4 Å². The first kappa shape index (κ1) is 25.4. The molecule has 0 aliphatic carbocycles. The predicted octanol–water partition coefficient (Wildman–Crippen LogP) is 4.39. The Labute approximate surface area is 203 Å². The zero-order valence-electron chi connectivity index (χ0n) is 22.2. The SMILES string of the molecule is CC1(C)O[C@@H](CO[Si](C)(C)C(C)(C)C)[C@H](Cn2c(=O)c(=O)n3c4c(cccc42)C(C)(C)CC3)O1. The van der Waals surface area contributed by atoms with Gasteiger partial charge in [0.2, 0.25) is 0 Å². The van der Waals surface area contributed by atoms with Gasteiger partial charge in [0, 0.05) is 6.54 Å². The van der Waals surface area contributed by atoms with Crippen LogP contribution in [0.25, 0.3) is 11.0 Å². The molecule has 34 heavy (non-hydrogen) atoms. The van der Waals surface area contributed by atoms with Gasteiger partial charge in [-0.25, -0.2) is 0 Å². The molecule has 2 aliphatic heterocycles. The van der Waals surface area contributed by atoms with E-state index in [0.717, 1.165) is 23.0 Å². The molecule has 188 valence electrons. The summed E-state index contributed by atoms with van der Waals surface area (Å²) in [5.74, 6) is -0.793. The lowest BCUT2D eigenvalue weighted by atomic mass is 9.78. The Balaban J connectivity index is 1.73. The number of rotatable bonds is 5. The molecule has 3 heterocycles. The van der Waals surface area contributed by atoms with E-state index in [1.165, 1.54) is 0 Å². The van der Waals surface area contributed by atoms with E-state index >= 15 is 0 Å². The first-order valence-electron chi connectivity index (χ1n) is 12.3. The second kappa shape index (κ2) is 8.15. The van der Waals surface area contributed by atoms with Crippen molar-refractivity contribution in [1.29, 1.82) is 0 Å². The normalized spacial score (nSPS) is 24.0. The number of aryl methyl sites for hydroxylation is 1. The lowest BCUT2D eigenvalue weighted by molar-refractivity contribution is -0.149. The van der Waals surface area contributed by atoms with Gasteiger partial charge < -0.3 is 18.5 Å². The third-order valence-electron chi connectivity index (χ3n) is 8.00. The summed E-state index contributed by atoms with van der Waals surface area (Å²) in [6.07, 6.45) is 0.0832. The third-order valence-corrected chi connectivity index (χ3v) is 12.5. The van der Waals surface area contributed by atoms with Gasteiger partial charge in [-0.1, -0.05) is 46.8 Å². The highest BCUT2D eigenvalue weighted by Gasteiger charge is 2.45. The summed E-state index contributed by atoms with van der Waals surface area (Å²) >= 11 is 0. The van der Waals surface area contributed by atoms with Gasteiger partial charge in [-0.3, -0.25) is 14.2 Å². The molecule has 0 bridgehead atoms. The number of hydrogen-bond acceptors (Lipinski definition) is 5. The van der Waals surface area contributed by atoms with Crippen LogP contribution in [0.1, 0.15) is 60.5 Å². The van der Waals surface area contributed by atoms with Crippen LogP contribution < -0.4 is 11.1 Å². The molecule has 0 unspecified atom stereocenters. The van der Waals surface area contributed by atoms with Crippen molar-refractivity contribution in [2.24, 2.45) is 0 Å². The smallest absolute Gasteiger partial charge is 0.317 e. The third kappa shape index (κ3) is 4.34. The summed E-state index contributed by atoms with van der Waals surface area (Å²) in [6, 6.07) is 5.98. The lowest BCUT2D eigenvalue weighted by Gasteiger charge is -2.37. The number of benzene rings is 1.